The van der Waals surface area contributed by atoms with Crippen molar-refractivity contribution in [3.8, 4) is 17.0 Å². The summed E-state index contributed by atoms with van der Waals surface area (Å²) in [6, 6.07) is 14.6. The van der Waals surface area contributed by atoms with Gasteiger partial charge in [0.2, 0.25) is 0 Å². The first-order valence-corrected chi connectivity index (χ1v) is 9.17. The molecule has 144 valence electrons. The molecule has 28 heavy (non-hydrogen) atoms. The Morgan fingerprint density at radius 2 is 2.00 bits per heavy atom. The van der Waals surface area contributed by atoms with Crippen LogP contribution in [0.4, 0.5) is 0 Å². The van der Waals surface area contributed by atoms with E-state index in [1.54, 1.807) is 29.6 Å². The van der Waals surface area contributed by atoms with Crippen molar-refractivity contribution in [3.05, 3.63) is 70.4 Å². The Labute approximate surface area is 162 Å². The molecule has 0 aliphatic carbocycles. The number of rotatable bonds is 4. The summed E-state index contributed by atoms with van der Waals surface area (Å²) in [5, 5.41) is 4.47. The quantitative estimate of drug-likeness (QED) is 0.696. The first-order valence-electron chi connectivity index (χ1n) is 9.17. The van der Waals surface area contributed by atoms with Crippen molar-refractivity contribution in [1.29, 1.82) is 0 Å². The van der Waals surface area contributed by atoms with Crippen molar-refractivity contribution in [2.45, 2.75) is 19.4 Å². The molecule has 1 aromatic carbocycles. The molecule has 3 aromatic rings. The predicted molar refractivity (Wildman–Crippen MR) is 103 cm³/mol. The Morgan fingerprint density at radius 1 is 1.21 bits per heavy atom. The zero-order valence-corrected chi connectivity index (χ0v) is 15.8. The first kappa shape index (κ1) is 18.0. The average molecular weight is 379 g/mol. The fraction of sp³-hybridized carbons (Fsp3) is 0.286. The Balaban J connectivity index is 1.46. The highest BCUT2D eigenvalue weighted by Crippen LogP contribution is 2.22. The second kappa shape index (κ2) is 7.34. The van der Waals surface area contributed by atoms with Crippen LogP contribution in [-0.2, 0) is 7.05 Å². The van der Waals surface area contributed by atoms with Gasteiger partial charge in [-0.15, -0.1) is 0 Å². The van der Waals surface area contributed by atoms with Crippen molar-refractivity contribution >= 4 is 5.91 Å². The van der Waals surface area contributed by atoms with Crippen molar-refractivity contribution in [3.63, 3.8) is 0 Å². The summed E-state index contributed by atoms with van der Waals surface area (Å²) in [5.74, 6) is 0.892. The number of ether oxygens (including phenoxy) is 1. The molecule has 4 rings (SSSR count). The monoisotopic (exact) mass is 379 g/mol. The number of hydrogen-bond donors (Lipinski definition) is 0. The minimum Gasteiger partial charge on any atom is -0.488 e. The maximum absolute atomic E-state index is 13.0. The minimum absolute atomic E-state index is 0.0768. The first-order chi connectivity index (χ1) is 13.5. The van der Waals surface area contributed by atoms with E-state index in [0.717, 1.165) is 11.3 Å². The van der Waals surface area contributed by atoms with Gasteiger partial charge in [-0.05, 0) is 13.0 Å². The molecule has 1 aliphatic heterocycles. The number of carbonyl (C=O) groups excluding carboxylic acids is 1. The van der Waals surface area contributed by atoms with Crippen LogP contribution in [0.2, 0.25) is 0 Å². The standard InChI is InChI=1S/C21H21N3O4/c1-14-10-17(11-20(25)27-14)28-16-8-9-24(13-16)21(26)19-12-18(22-23(19)2)15-6-4-3-5-7-15/h3-7,10-12,16H,8-9,13H2,1-2H3. The molecule has 1 amide bonds. The normalized spacial score (nSPS) is 16.4. The van der Waals surface area contributed by atoms with E-state index in [1.807, 2.05) is 36.4 Å². The fourth-order valence-electron chi connectivity index (χ4n) is 3.42. The second-order valence-corrected chi connectivity index (χ2v) is 6.91. The van der Waals surface area contributed by atoms with Crippen molar-refractivity contribution < 1.29 is 13.9 Å². The number of benzene rings is 1. The van der Waals surface area contributed by atoms with Gasteiger partial charge in [-0.2, -0.15) is 5.10 Å². The average Bonchev–Trinajstić information content (AvgIpc) is 3.28. The lowest BCUT2D eigenvalue weighted by Gasteiger charge is -2.17. The molecule has 0 radical (unpaired) electrons. The van der Waals surface area contributed by atoms with E-state index in [9.17, 15) is 9.59 Å². The fourth-order valence-corrected chi connectivity index (χ4v) is 3.42. The number of likely N-dealkylation sites (tertiary alicyclic amines) is 1. The molecule has 0 saturated carbocycles. The van der Waals surface area contributed by atoms with Crippen LogP contribution >= 0.6 is 0 Å². The van der Waals surface area contributed by atoms with Gasteiger partial charge < -0.3 is 14.1 Å². The SMILES string of the molecule is Cc1cc(OC2CCN(C(=O)c3cc(-c4ccccc4)nn3C)C2)cc(=O)o1. The van der Waals surface area contributed by atoms with Gasteiger partial charge in [0.25, 0.3) is 5.91 Å². The molecule has 1 saturated heterocycles. The third-order valence-electron chi connectivity index (χ3n) is 4.77. The maximum atomic E-state index is 13.0. The molecule has 3 heterocycles. The third-order valence-corrected chi connectivity index (χ3v) is 4.77. The van der Waals surface area contributed by atoms with Gasteiger partial charge in [0, 0.05) is 31.6 Å². The molecule has 7 nitrogen and oxygen atoms in total. The van der Waals surface area contributed by atoms with Crippen molar-refractivity contribution in [1.82, 2.24) is 14.7 Å². The maximum Gasteiger partial charge on any atom is 0.339 e. The molecule has 1 aliphatic rings. The van der Waals surface area contributed by atoms with Gasteiger partial charge >= 0.3 is 5.63 Å². The highest BCUT2D eigenvalue weighted by Gasteiger charge is 2.30. The van der Waals surface area contributed by atoms with Crippen LogP contribution in [-0.4, -0.2) is 39.8 Å². The lowest BCUT2D eigenvalue weighted by Crippen LogP contribution is -2.32. The van der Waals surface area contributed by atoms with E-state index in [1.165, 1.54) is 6.07 Å². The number of amides is 1. The Kier molecular flexibility index (Phi) is 4.73. The van der Waals surface area contributed by atoms with Crippen molar-refractivity contribution in [2.24, 2.45) is 7.05 Å². The number of hydrogen-bond acceptors (Lipinski definition) is 5. The zero-order valence-electron chi connectivity index (χ0n) is 15.8. The van der Waals surface area contributed by atoms with E-state index in [2.05, 4.69) is 5.10 Å². The van der Waals surface area contributed by atoms with E-state index in [0.29, 0.717) is 36.7 Å². The Hall–Kier alpha value is -3.35. The molecule has 0 bridgehead atoms. The predicted octanol–water partition coefficient (Wildman–Crippen LogP) is 2.64. The third kappa shape index (κ3) is 3.69. The summed E-state index contributed by atoms with van der Waals surface area (Å²) in [4.78, 5) is 26.2. The second-order valence-electron chi connectivity index (χ2n) is 6.91. The summed E-state index contributed by atoms with van der Waals surface area (Å²) in [5.41, 5.74) is 1.84. The van der Waals surface area contributed by atoms with Gasteiger partial charge in [0.05, 0.1) is 18.3 Å². The number of carbonyl (C=O) groups is 1. The van der Waals surface area contributed by atoms with E-state index in [-0.39, 0.29) is 12.0 Å². The van der Waals surface area contributed by atoms with Crippen LogP contribution in [0.5, 0.6) is 5.75 Å². The van der Waals surface area contributed by atoms with Gasteiger partial charge in [0.1, 0.15) is 23.3 Å². The molecule has 0 N–H and O–H groups in total. The van der Waals surface area contributed by atoms with Crippen LogP contribution in [0.25, 0.3) is 11.3 Å². The molecular formula is C21H21N3O4. The zero-order chi connectivity index (χ0) is 19.7. The molecular weight excluding hydrogens is 358 g/mol. The highest BCUT2D eigenvalue weighted by molar-refractivity contribution is 5.94. The molecule has 1 unspecified atom stereocenters. The molecule has 1 fully saturated rings. The Bertz CT molecular complexity index is 1060. The van der Waals surface area contributed by atoms with Gasteiger partial charge in [-0.1, -0.05) is 30.3 Å². The van der Waals surface area contributed by atoms with Gasteiger partial charge in [-0.3, -0.25) is 9.48 Å². The minimum atomic E-state index is -0.441. The highest BCUT2D eigenvalue weighted by atomic mass is 16.5. The molecule has 0 spiro atoms. The van der Waals surface area contributed by atoms with Crippen LogP contribution < -0.4 is 10.4 Å². The van der Waals surface area contributed by atoms with Crippen LogP contribution in [0.15, 0.2) is 57.7 Å². The Morgan fingerprint density at radius 3 is 2.75 bits per heavy atom. The summed E-state index contributed by atoms with van der Waals surface area (Å²) < 4.78 is 12.4. The summed E-state index contributed by atoms with van der Waals surface area (Å²) >= 11 is 0. The lowest BCUT2D eigenvalue weighted by atomic mass is 10.1. The smallest absolute Gasteiger partial charge is 0.339 e. The summed E-state index contributed by atoms with van der Waals surface area (Å²) in [7, 11) is 1.77. The topological polar surface area (TPSA) is 77.6 Å². The van der Waals surface area contributed by atoms with E-state index >= 15 is 0 Å². The number of aromatic nitrogens is 2. The van der Waals surface area contributed by atoms with Crippen molar-refractivity contribution in [2.75, 3.05) is 13.1 Å². The molecule has 7 heteroatoms. The molecule has 2 aromatic heterocycles. The van der Waals surface area contributed by atoms with Crippen LogP contribution in [0.3, 0.4) is 0 Å². The van der Waals surface area contributed by atoms with Crippen LogP contribution in [0.1, 0.15) is 22.7 Å². The lowest BCUT2D eigenvalue weighted by molar-refractivity contribution is 0.0761. The van der Waals surface area contributed by atoms with E-state index < -0.39 is 5.63 Å². The number of nitrogens with zero attached hydrogens (tertiary/aromatic N) is 3. The molecule has 1 atom stereocenters. The van der Waals surface area contributed by atoms with E-state index in [4.69, 9.17) is 9.15 Å². The largest absolute Gasteiger partial charge is 0.488 e. The van der Waals surface area contributed by atoms with Gasteiger partial charge in [-0.25, -0.2) is 4.79 Å². The summed E-state index contributed by atoms with van der Waals surface area (Å²) in [6.45, 7) is 2.76. The summed E-state index contributed by atoms with van der Waals surface area (Å²) in [6.07, 6.45) is 0.543. The van der Waals surface area contributed by atoms with Gasteiger partial charge in [0.15, 0.2) is 0 Å². The number of aryl methyl sites for hydroxylation is 2. The van der Waals surface area contributed by atoms with Crippen LogP contribution in [0, 0.1) is 6.92 Å².